The Hall–Kier alpha value is -1.88. The molecule has 1 heterocycles. The Labute approximate surface area is 138 Å². The summed E-state index contributed by atoms with van der Waals surface area (Å²) in [6.07, 6.45) is 5.33. The SMILES string of the molecule is O=[C]CCCCCN1CCN(C(=O)OCc2ccccc2)CC1. The van der Waals surface area contributed by atoms with Gasteiger partial charge in [0.15, 0.2) is 6.29 Å². The van der Waals surface area contributed by atoms with Crippen molar-refractivity contribution in [2.45, 2.75) is 32.3 Å². The fraction of sp³-hybridized carbons (Fsp3) is 0.556. The van der Waals surface area contributed by atoms with Crippen molar-refractivity contribution in [3.8, 4) is 0 Å². The maximum atomic E-state index is 12.1. The second-order valence-corrected chi connectivity index (χ2v) is 5.82. The molecule has 1 aliphatic rings. The van der Waals surface area contributed by atoms with Gasteiger partial charge in [-0.2, -0.15) is 0 Å². The predicted molar refractivity (Wildman–Crippen MR) is 88.8 cm³/mol. The molecule has 0 aliphatic carbocycles. The third kappa shape index (κ3) is 6.40. The predicted octanol–water partition coefficient (Wildman–Crippen LogP) is 2.61. The number of carbonyl (C=O) groups is 1. The molecule has 1 aromatic carbocycles. The van der Waals surface area contributed by atoms with Crippen molar-refractivity contribution in [2.75, 3.05) is 32.7 Å². The minimum atomic E-state index is -0.227. The molecule has 1 aromatic rings. The lowest BCUT2D eigenvalue weighted by Gasteiger charge is -2.34. The molecule has 0 N–H and O–H groups in total. The normalized spacial score (nSPS) is 15.4. The summed E-state index contributed by atoms with van der Waals surface area (Å²) in [5.74, 6) is 0. The van der Waals surface area contributed by atoms with Gasteiger partial charge in [-0.1, -0.05) is 36.8 Å². The molecule has 0 bridgehead atoms. The highest BCUT2D eigenvalue weighted by molar-refractivity contribution is 5.67. The van der Waals surface area contributed by atoms with Crippen LogP contribution in [0.5, 0.6) is 0 Å². The van der Waals surface area contributed by atoms with Crippen LogP contribution in [0.4, 0.5) is 4.79 Å². The van der Waals surface area contributed by atoms with E-state index in [4.69, 9.17) is 4.74 Å². The number of amides is 1. The minimum absolute atomic E-state index is 0.227. The molecule has 0 atom stereocenters. The number of hydrogen-bond acceptors (Lipinski definition) is 4. The molecule has 0 spiro atoms. The van der Waals surface area contributed by atoms with Crippen molar-refractivity contribution in [1.82, 2.24) is 9.80 Å². The molecule has 1 saturated heterocycles. The third-order valence-corrected chi connectivity index (χ3v) is 4.09. The van der Waals surface area contributed by atoms with E-state index in [9.17, 15) is 9.59 Å². The van der Waals surface area contributed by atoms with E-state index in [-0.39, 0.29) is 6.09 Å². The van der Waals surface area contributed by atoms with Crippen LogP contribution >= 0.6 is 0 Å². The molecular formula is C18H25N2O3. The van der Waals surface area contributed by atoms with Gasteiger partial charge in [0.05, 0.1) is 0 Å². The Morgan fingerprint density at radius 3 is 2.48 bits per heavy atom. The van der Waals surface area contributed by atoms with Gasteiger partial charge in [-0.25, -0.2) is 4.79 Å². The lowest BCUT2D eigenvalue weighted by molar-refractivity contribution is 0.0713. The third-order valence-electron chi connectivity index (χ3n) is 4.09. The number of unbranched alkanes of at least 4 members (excludes halogenated alkanes) is 3. The van der Waals surface area contributed by atoms with E-state index in [0.29, 0.717) is 13.0 Å². The molecule has 1 amide bonds. The first-order chi connectivity index (χ1) is 11.3. The summed E-state index contributed by atoms with van der Waals surface area (Å²) in [7, 11) is 0. The molecule has 0 unspecified atom stereocenters. The van der Waals surface area contributed by atoms with Crippen LogP contribution in [0.2, 0.25) is 0 Å². The summed E-state index contributed by atoms with van der Waals surface area (Å²) in [5, 5.41) is 0. The van der Waals surface area contributed by atoms with E-state index in [1.165, 1.54) is 0 Å². The van der Waals surface area contributed by atoms with E-state index in [1.807, 2.05) is 36.6 Å². The van der Waals surface area contributed by atoms with Gasteiger partial charge in [-0.15, -0.1) is 0 Å². The maximum absolute atomic E-state index is 12.1. The smallest absolute Gasteiger partial charge is 0.410 e. The van der Waals surface area contributed by atoms with Crippen LogP contribution in [0.1, 0.15) is 31.2 Å². The zero-order valence-electron chi connectivity index (χ0n) is 13.6. The van der Waals surface area contributed by atoms with Crippen molar-refractivity contribution >= 4 is 12.4 Å². The fourth-order valence-electron chi connectivity index (χ4n) is 2.67. The van der Waals surface area contributed by atoms with Gasteiger partial charge in [0, 0.05) is 32.6 Å². The van der Waals surface area contributed by atoms with Crippen LogP contribution in [0.15, 0.2) is 30.3 Å². The molecule has 1 radical (unpaired) electrons. The van der Waals surface area contributed by atoms with Crippen LogP contribution in [0.25, 0.3) is 0 Å². The van der Waals surface area contributed by atoms with Crippen molar-refractivity contribution in [2.24, 2.45) is 0 Å². The molecule has 5 heteroatoms. The second-order valence-electron chi connectivity index (χ2n) is 5.82. The zero-order valence-corrected chi connectivity index (χ0v) is 13.6. The molecule has 1 fully saturated rings. The standard InChI is InChI=1S/C18H25N2O3/c21-15-7-2-1-6-10-19-11-13-20(14-12-19)18(22)23-16-17-8-4-3-5-9-17/h3-5,8-9H,1-2,6-7,10-14,16H2. The number of carbonyl (C=O) groups excluding carboxylic acids is 2. The molecule has 2 rings (SSSR count). The monoisotopic (exact) mass is 317 g/mol. The quantitative estimate of drug-likeness (QED) is 0.692. The first-order valence-corrected chi connectivity index (χ1v) is 8.32. The van der Waals surface area contributed by atoms with Crippen LogP contribution < -0.4 is 0 Å². The molecule has 0 aromatic heterocycles. The van der Waals surface area contributed by atoms with Crippen LogP contribution in [-0.2, 0) is 16.1 Å². The average molecular weight is 317 g/mol. The zero-order chi connectivity index (χ0) is 16.3. The minimum Gasteiger partial charge on any atom is -0.445 e. The first-order valence-electron chi connectivity index (χ1n) is 8.32. The molecule has 23 heavy (non-hydrogen) atoms. The highest BCUT2D eigenvalue weighted by Gasteiger charge is 2.21. The Morgan fingerprint density at radius 2 is 1.78 bits per heavy atom. The summed E-state index contributed by atoms with van der Waals surface area (Å²) in [4.78, 5) is 26.3. The van der Waals surface area contributed by atoms with Gasteiger partial charge in [-0.05, 0) is 24.9 Å². The van der Waals surface area contributed by atoms with E-state index >= 15 is 0 Å². The van der Waals surface area contributed by atoms with Gasteiger partial charge in [0.1, 0.15) is 6.61 Å². The molecule has 125 valence electrons. The number of benzene rings is 1. The van der Waals surface area contributed by atoms with Gasteiger partial charge < -0.3 is 9.64 Å². The van der Waals surface area contributed by atoms with Crippen molar-refractivity contribution in [3.05, 3.63) is 35.9 Å². The maximum Gasteiger partial charge on any atom is 0.410 e. The van der Waals surface area contributed by atoms with E-state index < -0.39 is 0 Å². The highest BCUT2D eigenvalue weighted by Crippen LogP contribution is 2.08. The Kier molecular flexibility index (Phi) is 7.60. The fourth-order valence-corrected chi connectivity index (χ4v) is 2.67. The van der Waals surface area contributed by atoms with Crippen LogP contribution in [0.3, 0.4) is 0 Å². The first kappa shape index (κ1) is 17.5. The molecular weight excluding hydrogens is 292 g/mol. The van der Waals surface area contributed by atoms with Crippen LogP contribution in [0, 0.1) is 0 Å². The Morgan fingerprint density at radius 1 is 1.04 bits per heavy atom. The Bertz CT molecular complexity index is 470. The van der Waals surface area contributed by atoms with E-state index in [2.05, 4.69) is 4.90 Å². The van der Waals surface area contributed by atoms with Gasteiger partial charge >= 0.3 is 6.09 Å². The lowest BCUT2D eigenvalue weighted by atomic mass is 10.2. The lowest BCUT2D eigenvalue weighted by Crippen LogP contribution is -2.48. The average Bonchev–Trinajstić information content (AvgIpc) is 2.61. The van der Waals surface area contributed by atoms with Gasteiger partial charge in [-0.3, -0.25) is 9.69 Å². The Balaban J connectivity index is 1.60. The van der Waals surface area contributed by atoms with Gasteiger partial charge in [0.25, 0.3) is 0 Å². The number of ether oxygens (including phenoxy) is 1. The summed E-state index contributed by atoms with van der Waals surface area (Å²) >= 11 is 0. The van der Waals surface area contributed by atoms with Crippen molar-refractivity contribution < 1.29 is 14.3 Å². The van der Waals surface area contributed by atoms with Gasteiger partial charge in [0.2, 0.25) is 0 Å². The summed E-state index contributed by atoms with van der Waals surface area (Å²) in [6.45, 7) is 4.57. The number of hydrogen-bond donors (Lipinski definition) is 0. The molecule has 1 aliphatic heterocycles. The number of piperazine rings is 1. The van der Waals surface area contributed by atoms with Crippen LogP contribution in [-0.4, -0.2) is 54.9 Å². The number of rotatable bonds is 8. The highest BCUT2D eigenvalue weighted by atomic mass is 16.6. The second kappa shape index (κ2) is 10.0. The van der Waals surface area contributed by atoms with E-state index in [0.717, 1.165) is 57.5 Å². The molecule has 0 saturated carbocycles. The number of nitrogens with zero attached hydrogens (tertiary/aromatic N) is 2. The largest absolute Gasteiger partial charge is 0.445 e. The molecule has 5 nitrogen and oxygen atoms in total. The summed E-state index contributed by atoms with van der Waals surface area (Å²) < 4.78 is 5.36. The van der Waals surface area contributed by atoms with Crippen molar-refractivity contribution in [1.29, 1.82) is 0 Å². The topological polar surface area (TPSA) is 49.9 Å². The van der Waals surface area contributed by atoms with E-state index in [1.54, 1.807) is 4.90 Å². The summed E-state index contributed by atoms with van der Waals surface area (Å²) in [6, 6.07) is 9.73. The van der Waals surface area contributed by atoms with Crippen molar-refractivity contribution in [3.63, 3.8) is 0 Å². The summed E-state index contributed by atoms with van der Waals surface area (Å²) in [5.41, 5.74) is 1.01.